The molecule has 0 aromatic heterocycles. The average molecular weight is 502 g/mol. The first-order chi connectivity index (χ1) is 16.7. The third-order valence-corrected chi connectivity index (χ3v) is 6.40. The average Bonchev–Trinajstić information content (AvgIpc) is 2.83. The van der Waals surface area contributed by atoms with Crippen molar-refractivity contribution in [3.8, 4) is 11.5 Å². The highest BCUT2D eigenvalue weighted by Gasteiger charge is 2.24. The first-order valence-corrected chi connectivity index (χ1v) is 12.7. The number of methoxy groups -OCH3 is 1. The first-order valence-electron chi connectivity index (χ1n) is 10.9. The predicted molar refractivity (Wildman–Crippen MR) is 134 cm³/mol. The maximum atomic E-state index is 12.4. The summed E-state index contributed by atoms with van der Waals surface area (Å²) in [6.45, 7) is 0.530. The van der Waals surface area contributed by atoms with Crippen LogP contribution in [0.15, 0.2) is 60.7 Å². The smallest absolute Gasteiger partial charge is 0.271 e. The Labute approximate surface area is 203 Å². The molecule has 186 valence electrons. The van der Waals surface area contributed by atoms with Crippen molar-refractivity contribution in [1.29, 1.82) is 0 Å². The van der Waals surface area contributed by atoms with E-state index < -0.39 is 14.9 Å². The van der Waals surface area contributed by atoms with E-state index in [2.05, 4.69) is 5.32 Å². The van der Waals surface area contributed by atoms with Crippen LogP contribution in [0.2, 0.25) is 0 Å². The first kappa shape index (κ1) is 25.8. The predicted octanol–water partition coefficient (Wildman–Crippen LogP) is 3.50. The summed E-state index contributed by atoms with van der Waals surface area (Å²) in [6.07, 6.45) is 1.27. The highest BCUT2D eigenvalue weighted by molar-refractivity contribution is 7.92. The lowest BCUT2D eigenvalue weighted by Crippen LogP contribution is -2.33. The number of sulfonamides is 1. The summed E-state index contributed by atoms with van der Waals surface area (Å²) >= 11 is 0. The summed E-state index contributed by atoms with van der Waals surface area (Å²) in [5.41, 5.74) is -0.216. The molecule has 3 rings (SSSR count). The Hall–Kier alpha value is -3.86. The molecule has 0 aliphatic carbocycles. The van der Waals surface area contributed by atoms with Crippen LogP contribution in [-0.2, 0) is 14.8 Å². The molecule has 0 spiro atoms. The van der Waals surface area contributed by atoms with E-state index >= 15 is 0 Å². The van der Waals surface area contributed by atoms with Gasteiger partial charge in [0.25, 0.3) is 5.69 Å². The number of anilines is 1. The highest BCUT2D eigenvalue weighted by Crippen LogP contribution is 2.33. The molecule has 10 nitrogen and oxygen atoms in total. The van der Waals surface area contributed by atoms with E-state index in [0.29, 0.717) is 12.3 Å². The quantitative estimate of drug-likeness (QED) is 0.228. The molecule has 0 radical (unpaired) electrons. The number of amides is 1. The van der Waals surface area contributed by atoms with E-state index in [4.69, 9.17) is 9.47 Å². The molecular weight excluding hydrogens is 474 g/mol. The lowest BCUT2D eigenvalue weighted by Gasteiger charge is -2.24. The molecule has 0 heterocycles. The maximum absolute atomic E-state index is 12.4. The van der Waals surface area contributed by atoms with E-state index in [1.165, 1.54) is 19.2 Å². The Morgan fingerprint density at radius 2 is 1.83 bits per heavy atom. The normalized spacial score (nSPS) is 11.1. The molecule has 0 saturated carbocycles. The minimum Gasteiger partial charge on any atom is -0.495 e. The van der Waals surface area contributed by atoms with Crippen LogP contribution in [0.25, 0.3) is 10.8 Å². The fourth-order valence-corrected chi connectivity index (χ4v) is 4.50. The van der Waals surface area contributed by atoms with Gasteiger partial charge in [-0.2, -0.15) is 0 Å². The molecule has 0 aliphatic heterocycles. The number of ether oxygens (including phenoxy) is 2. The van der Waals surface area contributed by atoms with Crippen LogP contribution in [0.3, 0.4) is 0 Å². The van der Waals surface area contributed by atoms with Crippen molar-refractivity contribution in [3.63, 3.8) is 0 Å². The third-order valence-electron chi connectivity index (χ3n) is 5.22. The monoisotopic (exact) mass is 501 g/mol. The van der Waals surface area contributed by atoms with Crippen LogP contribution < -0.4 is 19.1 Å². The maximum Gasteiger partial charge on any atom is 0.271 e. The minimum atomic E-state index is -3.78. The fourth-order valence-electron chi connectivity index (χ4n) is 3.54. The zero-order valence-corrected chi connectivity index (χ0v) is 20.3. The van der Waals surface area contributed by atoms with Gasteiger partial charge in [-0.1, -0.05) is 30.3 Å². The summed E-state index contributed by atoms with van der Waals surface area (Å²) in [6, 6.07) is 17.4. The number of nitro benzene ring substituents is 1. The van der Waals surface area contributed by atoms with E-state index in [1.54, 1.807) is 0 Å². The van der Waals surface area contributed by atoms with Crippen LogP contribution in [0.5, 0.6) is 11.5 Å². The molecule has 35 heavy (non-hydrogen) atoms. The molecule has 11 heteroatoms. The van der Waals surface area contributed by atoms with Crippen molar-refractivity contribution in [3.05, 3.63) is 70.8 Å². The van der Waals surface area contributed by atoms with Crippen LogP contribution in [-0.4, -0.2) is 52.3 Å². The van der Waals surface area contributed by atoms with Gasteiger partial charge in [0.2, 0.25) is 15.9 Å². The summed E-state index contributed by atoms with van der Waals surface area (Å²) in [5, 5.41) is 16.0. The number of nitro groups is 1. The van der Waals surface area contributed by atoms with Crippen LogP contribution in [0.1, 0.15) is 12.8 Å². The number of fused-ring (bicyclic) bond motifs is 1. The molecule has 0 saturated heterocycles. The molecule has 0 bridgehead atoms. The summed E-state index contributed by atoms with van der Waals surface area (Å²) in [4.78, 5) is 22.7. The van der Waals surface area contributed by atoms with Gasteiger partial charge in [-0.3, -0.25) is 19.2 Å². The Kier molecular flexibility index (Phi) is 8.48. The number of carbonyl (C=O) groups is 1. The van der Waals surface area contributed by atoms with Crippen molar-refractivity contribution in [2.45, 2.75) is 12.8 Å². The Morgan fingerprint density at radius 3 is 2.51 bits per heavy atom. The van der Waals surface area contributed by atoms with E-state index in [-0.39, 0.29) is 49.0 Å². The van der Waals surface area contributed by atoms with Gasteiger partial charge < -0.3 is 14.8 Å². The largest absolute Gasteiger partial charge is 0.495 e. The number of benzene rings is 3. The number of non-ortho nitro benzene ring substituents is 1. The van der Waals surface area contributed by atoms with Gasteiger partial charge >= 0.3 is 0 Å². The number of nitrogens with one attached hydrogen (secondary N) is 1. The van der Waals surface area contributed by atoms with E-state index in [0.717, 1.165) is 27.4 Å². The molecule has 0 atom stereocenters. The SMILES string of the molecule is COc1ccc([N+](=O)[O-])cc1N(CCCC(=O)NCCOc1ccc2ccccc2c1)S(C)(=O)=O. The van der Waals surface area contributed by atoms with Crippen molar-refractivity contribution in [2.75, 3.05) is 37.4 Å². The molecule has 1 N–H and O–H groups in total. The van der Waals surface area contributed by atoms with Crippen LogP contribution in [0.4, 0.5) is 11.4 Å². The molecule has 3 aromatic carbocycles. The lowest BCUT2D eigenvalue weighted by molar-refractivity contribution is -0.384. The van der Waals surface area contributed by atoms with Gasteiger partial charge in [-0.15, -0.1) is 0 Å². The van der Waals surface area contributed by atoms with E-state index in [1.807, 2.05) is 42.5 Å². The molecular formula is C24H27N3O7S. The van der Waals surface area contributed by atoms with Gasteiger partial charge in [0.05, 0.1) is 24.8 Å². The molecule has 0 unspecified atom stereocenters. The van der Waals surface area contributed by atoms with E-state index in [9.17, 15) is 23.3 Å². The number of carbonyl (C=O) groups excluding carboxylic acids is 1. The minimum absolute atomic E-state index is 0.0443. The van der Waals surface area contributed by atoms with Crippen molar-refractivity contribution in [2.24, 2.45) is 0 Å². The third kappa shape index (κ3) is 7.06. The Bertz CT molecular complexity index is 1310. The van der Waals surface area contributed by atoms with Gasteiger partial charge in [-0.05, 0) is 35.4 Å². The molecule has 0 aliphatic rings. The lowest BCUT2D eigenvalue weighted by atomic mass is 10.1. The second-order valence-corrected chi connectivity index (χ2v) is 9.67. The van der Waals surface area contributed by atoms with Crippen LogP contribution in [0, 0.1) is 10.1 Å². The van der Waals surface area contributed by atoms with Gasteiger partial charge in [0.15, 0.2) is 0 Å². The summed E-state index contributed by atoms with van der Waals surface area (Å²) < 4.78 is 36.6. The summed E-state index contributed by atoms with van der Waals surface area (Å²) in [5.74, 6) is 0.621. The number of hydrogen-bond donors (Lipinski definition) is 1. The number of nitrogens with zero attached hydrogens (tertiary/aromatic N) is 2. The molecule has 0 fully saturated rings. The fraction of sp³-hybridized carbons (Fsp3) is 0.292. The van der Waals surface area contributed by atoms with Crippen LogP contribution >= 0.6 is 0 Å². The standard InChI is InChI=1S/C24H27N3O7S/c1-33-23-12-10-20(27(29)30)17-22(23)26(35(2,31)32)14-5-8-24(28)25-13-15-34-21-11-9-18-6-3-4-7-19(18)16-21/h3-4,6-7,9-12,16-17H,5,8,13-15H2,1-2H3,(H,25,28). The summed E-state index contributed by atoms with van der Waals surface area (Å²) in [7, 11) is -2.43. The Balaban J connectivity index is 1.51. The second-order valence-electron chi connectivity index (χ2n) is 7.76. The highest BCUT2D eigenvalue weighted by atomic mass is 32.2. The Morgan fingerprint density at radius 1 is 1.09 bits per heavy atom. The zero-order valence-electron chi connectivity index (χ0n) is 19.5. The van der Waals surface area contributed by atoms with Crippen molar-refractivity contribution < 1.29 is 27.6 Å². The number of hydrogen-bond acceptors (Lipinski definition) is 7. The van der Waals surface area contributed by atoms with Crippen molar-refractivity contribution in [1.82, 2.24) is 5.32 Å². The zero-order chi connectivity index (χ0) is 25.4. The van der Waals surface area contributed by atoms with Gasteiger partial charge in [-0.25, -0.2) is 8.42 Å². The topological polar surface area (TPSA) is 128 Å². The molecule has 1 amide bonds. The number of rotatable bonds is 12. The molecule has 3 aromatic rings. The van der Waals surface area contributed by atoms with Gasteiger partial charge in [0.1, 0.15) is 23.8 Å². The second kappa shape index (κ2) is 11.5. The van der Waals surface area contributed by atoms with Crippen molar-refractivity contribution >= 4 is 38.1 Å². The van der Waals surface area contributed by atoms with Gasteiger partial charge in [0, 0.05) is 25.1 Å².